The molecule has 0 unspecified atom stereocenters. The van der Waals surface area contributed by atoms with Crippen molar-refractivity contribution in [3.05, 3.63) is 34.4 Å². The molecule has 1 rings (SSSR count). The molecule has 1 nitrogen and oxygen atoms in total. The summed E-state index contributed by atoms with van der Waals surface area (Å²) in [4.78, 5) is 4.25. The van der Waals surface area contributed by atoms with Gasteiger partial charge in [-0.2, -0.15) is 0 Å². The van der Waals surface area contributed by atoms with E-state index in [9.17, 15) is 0 Å². The zero-order valence-electron chi connectivity index (χ0n) is 6.76. The van der Waals surface area contributed by atoms with Crippen molar-refractivity contribution in [3.8, 4) is 0 Å². The Morgan fingerprint density at radius 1 is 1.45 bits per heavy atom. The topological polar surface area (TPSA) is 12.9 Å². The molecule has 0 aliphatic carbocycles. The summed E-state index contributed by atoms with van der Waals surface area (Å²) in [6, 6.07) is 4.06. The monoisotopic (exact) mass is 212 g/mol. The average Bonchev–Trinajstić information content (AvgIpc) is 1.93. The Morgan fingerprint density at radius 3 is 2.64 bits per heavy atom. The third-order valence-corrected chi connectivity index (χ3v) is 1.79. The maximum absolute atomic E-state index is 4.25. The third kappa shape index (κ3) is 3.02. The lowest BCUT2D eigenvalue weighted by Gasteiger charge is -2.02. The standard InChI is InChI=1S/C9H11BrN/c1-7(2)5-9-4-3-8(10)6-11-9/h3-4,6H,5H2,1-2H3. The van der Waals surface area contributed by atoms with Gasteiger partial charge in [0.05, 0.1) is 0 Å². The van der Waals surface area contributed by atoms with E-state index < -0.39 is 0 Å². The molecule has 1 aromatic rings. The van der Waals surface area contributed by atoms with Gasteiger partial charge < -0.3 is 0 Å². The number of hydrogen-bond donors (Lipinski definition) is 0. The molecule has 0 N–H and O–H groups in total. The summed E-state index contributed by atoms with van der Waals surface area (Å²) in [6.45, 7) is 4.23. The van der Waals surface area contributed by atoms with Gasteiger partial charge in [-0.1, -0.05) is 13.8 Å². The Morgan fingerprint density at radius 2 is 2.18 bits per heavy atom. The Kier molecular flexibility index (Phi) is 3.06. The first-order valence-electron chi connectivity index (χ1n) is 3.58. The summed E-state index contributed by atoms with van der Waals surface area (Å²) in [7, 11) is 0. The molecule has 0 aliphatic rings. The van der Waals surface area contributed by atoms with E-state index in [-0.39, 0.29) is 0 Å². The lowest BCUT2D eigenvalue weighted by molar-refractivity contribution is 0.915. The SMILES string of the molecule is C[C](C)Cc1ccc(Br)cn1. The number of rotatable bonds is 2. The Hall–Kier alpha value is -0.370. The van der Waals surface area contributed by atoms with Crippen LogP contribution in [-0.2, 0) is 6.42 Å². The molecule has 1 aromatic heterocycles. The zero-order chi connectivity index (χ0) is 8.27. The van der Waals surface area contributed by atoms with Crippen LogP contribution in [-0.4, -0.2) is 4.98 Å². The van der Waals surface area contributed by atoms with Crippen LogP contribution in [0.1, 0.15) is 19.5 Å². The lowest BCUT2D eigenvalue weighted by atomic mass is 10.1. The lowest BCUT2D eigenvalue weighted by Crippen LogP contribution is -1.94. The molecule has 0 amide bonds. The third-order valence-electron chi connectivity index (χ3n) is 1.32. The van der Waals surface area contributed by atoms with Crippen molar-refractivity contribution in [1.29, 1.82) is 0 Å². The molecule has 0 bridgehead atoms. The van der Waals surface area contributed by atoms with Gasteiger partial charge in [0.2, 0.25) is 0 Å². The first-order chi connectivity index (χ1) is 5.18. The number of pyridine rings is 1. The van der Waals surface area contributed by atoms with Crippen LogP contribution in [0.4, 0.5) is 0 Å². The van der Waals surface area contributed by atoms with Crippen LogP contribution >= 0.6 is 15.9 Å². The summed E-state index contributed by atoms with van der Waals surface area (Å²) in [5.74, 6) is 1.39. The molecule has 59 valence electrons. The minimum Gasteiger partial charge on any atom is -0.260 e. The van der Waals surface area contributed by atoms with Crippen LogP contribution in [0.5, 0.6) is 0 Å². The van der Waals surface area contributed by atoms with E-state index in [4.69, 9.17) is 0 Å². The molecule has 2 heteroatoms. The van der Waals surface area contributed by atoms with Gasteiger partial charge in [0.25, 0.3) is 0 Å². The average molecular weight is 213 g/mol. The Labute approximate surface area is 76.0 Å². The van der Waals surface area contributed by atoms with Gasteiger partial charge in [-0.05, 0) is 40.4 Å². The van der Waals surface area contributed by atoms with Crippen LogP contribution in [0, 0.1) is 5.92 Å². The molecule has 0 fully saturated rings. The van der Waals surface area contributed by atoms with E-state index in [1.807, 2.05) is 18.3 Å². The molecular weight excluding hydrogens is 202 g/mol. The molecule has 0 aromatic carbocycles. The first kappa shape index (κ1) is 8.72. The van der Waals surface area contributed by atoms with Gasteiger partial charge in [-0.25, -0.2) is 0 Å². The van der Waals surface area contributed by atoms with Crippen molar-refractivity contribution in [2.45, 2.75) is 20.3 Å². The number of nitrogens with zero attached hydrogens (tertiary/aromatic N) is 1. The van der Waals surface area contributed by atoms with Gasteiger partial charge >= 0.3 is 0 Å². The minimum atomic E-state index is 0.979. The highest BCUT2D eigenvalue weighted by Gasteiger charge is 1.97. The highest BCUT2D eigenvalue weighted by atomic mass is 79.9. The largest absolute Gasteiger partial charge is 0.260 e. The van der Waals surface area contributed by atoms with E-state index in [1.54, 1.807) is 0 Å². The smallest absolute Gasteiger partial charge is 0.0413 e. The minimum absolute atomic E-state index is 0.979. The van der Waals surface area contributed by atoms with Crippen LogP contribution in [0.2, 0.25) is 0 Å². The Bertz CT molecular complexity index is 216. The quantitative estimate of drug-likeness (QED) is 0.735. The maximum atomic E-state index is 4.25. The van der Waals surface area contributed by atoms with Crippen molar-refractivity contribution in [1.82, 2.24) is 4.98 Å². The first-order valence-corrected chi connectivity index (χ1v) is 4.37. The van der Waals surface area contributed by atoms with E-state index in [2.05, 4.69) is 34.8 Å². The maximum Gasteiger partial charge on any atom is 0.0413 e. The number of aromatic nitrogens is 1. The summed E-state index contributed by atoms with van der Waals surface area (Å²) < 4.78 is 1.04. The second-order valence-electron chi connectivity index (χ2n) is 2.85. The molecule has 0 saturated heterocycles. The number of hydrogen-bond acceptors (Lipinski definition) is 1. The van der Waals surface area contributed by atoms with Crippen LogP contribution in [0.15, 0.2) is 22.8 Å². The summed E-state index contributed by atoms with van der Waals surface area (Å²) in [6.07, 6.45) is 2.81. The van der Waals surface area contributed by atoms with E-state index in [0.717, 1.165) is 16.6 Å². The van der Waals surface area contributed by atoms with Gasteiger partial charge in [0, 0.05) is 16.4 Å². The van der Waals surface area contributed by atoms with Crippen LogP contribution < -0.4 is 0 Å². The molecule has 0 atom stereocenters. The normalized spacial score (nSPS) is 10.5. The molecular formula is C9H11BrN. The van der Waals surface area contributed by atoms with Crippen molar-refractivity contribution in [3.63, 3.8) is 0 Å². The fraction of sp³-hybridized carbons (Fsp3) is 0.333. The molecule has 11 heavy (non-hydrogen) atoms. The molecule has 1 heterocycles. The molecule has 0 saturated carbocycles. The fourth-order valence-corrected chi connectivity index (χ4v) is 1.11. The number of halogens is 1. The second kappa shape index (κ2) is 3.86. The van der Waals surface area contributed by atoms with Gasteiger partial charge in [-0.15, -0.1) is 0 Å². The second-order valence-corrected chi connectivity index (χ2v) is 3.77. The van der Waals surface area contributed by atoms with Gasteiger partial charge in [0.15, 0.2) is 0 Å². The van der Waals surface area contributed by atoms with Crippen LogP contribution in [0.3, 0.4) is 0 Å². The van der Waals surface area contributed by atoms with Crippen molar-refractivity contribution < 1.29 is 0 Å². The van der Waals surface area contributed by atoms with Crippen molar-refractivity contribution in [2.75, 3.05) is 0 Å². The van der Waals surface area contributed by atoms with Crippen molar-refractivity contribution in [2.24, 2.45) is 0 Å². The Balaban J connectivity index is 2.66. The van der Waals surface area contributed by atoms with Gasteiger partial charge in [-0.3, -0.25) is 4.98 Å². The summed E-state index contributed by atoms with van der Waals surface area (Å²) >= 11 is 3.34. The molecule has 1 radical (unpaired) electrons. The highest BCUT2D eigenvalue weighted by molar-refractivity contribution is 9.10. The van der Waals surface area contributed by atoms with Crippen molar-refractivity contribution >= 4 is 15.9 Å². The molecule has 0 aliphatic heterocycles. The highest BCUT2D eigenvalue weighted by Crippen LogP contribution is 2.10. The molecule has 0 spiro atoms. The van der Waals surface area contributed by atoms with Crippen LogP contribution in [0.25, 0.3) is 0 Å². The van der Waals surface area contributed by atoms with E-state index in [0.29, 0.717) is 0 Å². The summed E-state index contributed by atoms with van der Waals surface area (Å²) in [5, 5.41) is 0. The summed E-state index contributed by atoms with van der Waals surface area (Å²) in [5.41, 5.74) is 1.13. The predicted octanol–water partition coefficient (Wildman–Crippen LogP) is 3.00. The zero-order valence-corrected chi connectivity index (χ0v) is 8.35. The van der Waals surface area contributed by atoms with Gasteiger partial charge in [0.1, 0.15) is 0 Å². The predicted molar refractivity (Wildman–Crippen MR) is 50.2 cm³/mol. The van der Waals surface area contributed by atoms with E-state index >= 15 is 0 Å². The van der Waals surface area contributed by atoms with E-state index in [1.165, 1.54) is 5.92 Å². The fourth-order valence-electron chi connectivity index (χ4n) is 0.873.